The number of aromatic hydroxyl groups is 3. The van der Waals surface area contributed by atoms with E-state index in [9.17, 15) is 15.3 Å². The first kappa shape index (κ1) is 20.1. The third-order valence-electron chi connectivity index (χ3n) is 3.95. The molecule has 0 aliphatic heterocycles. The number of rotatable bonds is 9. The van der Waals surface area contributed by atoms with Crippen LogP contribution in [0.5, 0.6) is 17.2 Å². The van der Waals surface area contributed by atoms with E-state index in [1.165, 1.54) is 0 Å². The van der Waals surface area contributed by atoms with Gasteiger partial charge in [0.25, 0.3) is 0 Å². The third-order valence-corrected chi connectivity index (χ3v) is 4.97. The largest absolute Gasteiger partial charge is 0.508 e. The Morgan fingerprint density at radius 2 is 0.786 bits per heavy atom. The zero-order chi connectivity index (χ0) is 19.8. The van der Waals surface area contributed by atoms with Crippen LogP contribution in [0.1, 0.15) is 16.7 Å². The lowest BCUT2D eigenvalue weighted by Crippen LogP contribution is -1.98. The molecule has 0 aliphatic rings. The second-order valence-electron chi connectivity index (χ2n) is 5.93. The molecule has 3 aromatic rings. The number of benzene rings is 3. The quantitative estimate of drug-likeness (QED) is 0.439. The van der Waals surface area contributed by atoms with Crippen molar-refractivity contribution in [1.82, 2.24) is 0 Å². The summed E-state index contributed by atoms with van der Waals surface area (Å²) in [7, 11) is -1.80. The van der Waals surface area contributed by atoms with Gasteiger partial charge in [-0.25, -0.2) is 0 Å². The van der Waals surface area contributed by atoms with Crippen LogP contribution in [0.4, 0.5) is 0 Å². The van der Waals surface area contributed by atoms with Crippen LogP contribution in [-0.2, 0) is 33.4 Å². The Morgan fingerprint density at radius 1 is 0.500 bits per heavy atom. The number of hydrogen-bond donors (Lipinski definition) is 3. The highest BCUT2D eigenvalue weighted by molar-refractivity contribution is 7.41. The first-order valence-electron chi connectivity index (χ1n) is 8.63. The molecule has 0 unspecified atom stereocenters. The van der Waals surface area contributed by atoms with Gasteiger partial charge < -0.3 is 28.9 Å². The molecule has 0 saturated carbocycles. The van der Waals surface area contributed by atoms with E-state index in [0.717, 1.165) is 0 Å². The van der Waals surface area contributed by atoms with E-state index in [2.05, 4.69) is 0 Å². The maximum atomic E-state index is 9.89. The van der Waals surface area contributed by atoms with Crippen molar-refractivity contribution in [2.24, 2.45) is 0 Å². The van der Waals surface area contributed by atoms with Crippen molar-refractivity contribution < 1.29 is 28.9 Å². The van der Waals surface area contributed by atoms with E-state index >= 15 is 0 Å². The highest BCUT2D eigenvalue weighted by atomic mass is 31.2. The van der Waals surface area contributed by atoms with Gasteiger partial charge in [-0.3, -0.25) is 0 Å². The molecular formula is C21H21O6P. The molecular weight excluding hydrogens is 379 g/mol. The van der Waals surface area contributed by atoms with Crippen LogP contribution in [0.3, 0.4) is 0 Å². The van der Waals surface area contributed by atoms with Gasteiger partial charge in [0.05, 0.1) is 19.8 Å². The highest BCUT2D eigenvalue weighted by Gasteiger charge is 2.16. The normalized spacial score (nSPS) is 11.0. The lowest BCUT2D eigenvalue weighted by Gasteiger charge is -2.18. The summed E-state index contributed by atoms with van der Waals surface area (Å²) in [5.74, 6) is 0.372. The fraction of sp³-hybridized carbons (Fsp3) is 0.143. The van der Waals surface area contributed by atoms with Gasteiger partial charge in [-0.2, -0.15) is 0 Å². The van der Waals surface area contributed by atoms with Crippen molar-refractivity contribution in [1.29, 1.82) is 0 Å². The van der Waals surface area contributed by atoms with E-state index in [-0.39, 0.29) is 37.1 Å². The summed E-state index contributed by atoms with van der Waals surface area (Å²) in [5.41, 5.74) is 1.81. The number of hydrogen-bond acceptors (Lipinski definition) is 6. The van der Waals surface area contributed by atoms with Crippen molar-refractivity contribution in [3.8, 4) is 17.2 Å². The smallest absolute Gasteiger partial charge is 0.333 e. The van der Waals surface area contributed by atoms with Crippen LogP contribution in [0.15, 0.2) is 72.8 Å². The minimum absolute atomic E-state index is 0.0971. The van der Waals surface area contributed by atoms with Crippen molar-refractivity contribution in [2.45, 2.75) is 19.8 Å². The average Bonchev–Trinajstić information content (AvgIpc) is 2.71. The van der Waals surface area contributed by atoms with Crippen molar-refractivity contribution in [3.05, 3.63) is 89.5 Å². The molecule has 0 heterocycles. The summed E-state index contributed by atoms with van der Waals surface area (Å²) < 4.78 is 17.2. The second kappa shape index (κ2) is 10.1. The highest BCUT2D eigenvalue weighted by Crippen LogP contribution is 2.44. The average molecular weight is 400 g/mol. The molecule has 3 aromatic carbocycles. The number of phenols is 3. The first-order chi connectivity index (χ1) is 13.6. The SMILES string of the molecule is Oc1ccccc1COP(OCc1ccccc1O)OCc1ccccc1O. The minimum Gasteiger partial charge on any atom is -0.508 e. The lowest BCUT2D eigenvalue weighted by molar-refractivity contribution is 0.142. The molecule has 0 atom stereocenters. The van der Waals surface area contributed by atoms with Crippen LogP contribution in [0.25, 0.3) is 0 Å². The summed E-state index contributed by atoms with van der Waals surface area (Å²) in [4.78, 5) is 0. The van der Waals surface area contributed by atoms with Gasteiger partial charge in [-0.05, 0) is 18.2 Å². The number of phenolic OH excluding ortho intramolecular Hbond substituents is 3. The molecule has 28 heavy (non-hydrogen) atoms. The van der Waals surface area contributed by atoms with Gasteiger partial charge in [0.1, 0.15) is 17.2 Å². The molecule has 0 amide bonds. The van der Waals surface area contributed by atoms with E-state index < -0.39 is 8.60 Å². The molecule has 0 radical (unpaired) electrons. The van der Waals surface area contributed by atoms with Crippen LogP contribution in [0, 0.1) is 0 Å². The van der Waals surface area contributed by atoms with E-state index in [4.69, 9.17) is 13.6 Å². The topological polar surface area (TPSA) is 88.4 Å². The molecule has 3 N–H and O–H groups in total. The van der Waals surface area contributed by atoms with E-state index in [1.807, 2.05) is 0 Å². The predicted octanol–water partition coefficient (Wildman–Crippen LogP) is 4.98. The van der Waals surface area contributed by atoms with Gasteiger partial charge in [0, 0.05) is 16.7 Å². The Kier molecular flexibility index (Phi) is 7.23. The van der Waals surface area contributed by atoms with Gasteiger partial charge in [0.2, 0.25) is 0 Å². The monoisotopic (exact) mass is 400 g/mol. The molecule has 146 valence electrons. The van der Waals surface area contributed by atoms with Crippen molar-refractivity contribution in [2.75, 3.05) is 0 Å². The van der Waals surface area contributed by atoms with E-state index in [0.29, 0.717) is 16.7 Å². The molecule has 0 fully saturated rings. The Hall–Kier alpha value is -2.63. The van der Waals surface area contributed by atoms with Crippen molar-refractivity contribution in [3.63, 3.8) is 0 Å². The maximum Gasteiger partial charge on any atom is 0.333 e. The Morgan fingerprint density at radius 3 is 1.07 bits per heavy atom. The summed E-state index contributed by atoms with van der Waals surface area (Å²) in [6, 6.07) is 20.5. The maximum absolute atomic E-state index is 9.89. The fourth-order valence-corrected chi connectivity index (χ4v) is 3.33. The first-order valence-corrected chi connectivity index (χ1v) is 9.72. The van der Waals surface area contributed by atoms with Gasteiger partial charge in [0.15, 0.2) is 0 Å². The summed E-state index contributed by atoms with van der Waals surface area (Å²) >= 11 is 0. The lowest BCUT2D eigenvalue weighted by atomic mass is 10.2. The van der Waals surface area contributed by atoms with Crippen LogP contribution in [-0.4, -0.2) is 15.3 Å². The Labute approximate surface area is 164 Å². The molecule has 7 heteroatoms. The standard InChI is InChI=1S/C21H21O6P/c22-19-10-4-1-7-16(19)13-25-28(26-14-17-8-2-5-11-20(17)23)27-15-18-9-3-6-12-21(18)24/h1-12,22-24H,13-15H2. The van der Waals surface area contributed by atoms with Crippen molar-refractivity contribution >= 4 is 8.60 Å². The van der Waals surface area contributed by atoms with E-state index in [1.54, 1.807) is 72.8 Å². The molecule has 0 bridgehead atoms. The second-order valence-corrected chi connectivity index (χ2v) is 7.15. The van der Waals surface area contributed by atoms with Crippen LogP contribution < -0.4 is 0 Å². The molecule has 6 nitrogen and oxygen atoms in total. The molecule has 0 saturated heterocycles. The summed E-state index contributed by atoms with van der Waals surface area (Å²) in [5, 5.41) is 29.7. The van der Waals surface area contributed by atoms with Gasteiger partial charge in [-0.15, -0.1) is 0 Å². The minimum atomic E-state index is -1.80. The summed E-state index contributed by atoms with van der Waals surface area (Å²) in [6.07, 6.45) is 0. The molecule has 3 rings (SSSR count). The zero-order valence-electron chi connectivity index (χ0n) is 15.1. The third kappa shape index (κ3) is 5.68. The summed E-state index contributed by atoms with van der Waals surface area (Å²) in [6.45, 7) is 0.291. The predicted molar refractivity (Wildman–Crippen MR) is 106 cm³/mol. The van der Waals surface area contributed by atoms with Crippen LogP contribution >= 0.6 is 8.60 Å². The van der Waals surface area contributed by atoms with Gasteiger partial charge >= 0.3 is 8.60 Å². The Bertz CT molecular complexity index is 784. The zero-order valence-corrected chi connectivity index (χ0v) is 16.0. The van der Waals surface area contributed by atoms with Gasteiger partial charge in [-0.1, -0.05) is 54.6 Å². The fourth-order valence-electron chi connectivity index (χ4n) is 2.38. The number of para-hydroxylation sites is 3. The van der Waals surface area contributed by atoms with Crippen LogP contribution in [0.2, 0.25) is 0 Å². The molecule has 0 aliphatic carbocycles. The Balaban J connectivity index is 1.65. The molecule has 0 spiro atoms. The molecule has 0 aromatic heterocycles.